The maximum absolute atomic E-state index is 15.4. The van der Waals surface area contributed by atoms with E-state index in [1.165, 1.54) is 0 Å². The number of likely N-dealkylation sites (N-methyl/N-ethyl adjacent to an activating group) is 1. The van der Waals surface area contributed by atoms with Gasteiger partial charge in [0, 0.05) is 49.0 Å². The zero-order valence-electron chi connectivity index (χ0n) is 23.7. The second-order valence-corrected chi connectivity index (χ2v) is 11.4. The second kappa shape index (κ2) is 10.1. The fourth-order valence-electron chi connectivity index (χ4n) is 6.65. The molecule has 8 nitrogen and oxygen atoms in total. The fourth-order valence-corrected chi connectivity index (χ4v) is 6.65. The number of anilines is 1. The molecule has 3 aromatic carbocycles. The molecule has 0 saturated carbocycles. The number of H-pyrrole nitrogens is 2. The van der Waals surface area contributed by atoms with Gasteiger partial charge in [-0.05, 0) is 60.5 Å². The Morgan fingerprint density at radius 3 is 2.77 bits per heavy atom. The second-order valence-electron chi connectivity index (χ2n) is 11.4. The monoisotopic (exact) mass is 571 g/mol. The number of rotatable bonds is 4. The van der Waals surface area contributed by atoms with Crippen LogP contribution in [-0.2, 0) is 0 Å². The van der Waals surface area contributed by atoms with E-state index in [4.69, 9.17) is 4.98 Å². The maximum Gasteiger partial charge on any atom is 0.252 e. The summed E-state index contributed by atoms with van der Waals surface area (Å²) in [5.74, 6) is 0.256. The zero-order valence-corrected chi connectivity index (χ0v) is 23.7. The molecule has 43 heavy (non-hydrogen) atoms. The number of nitrogens with one attached hydrogen (secondary N) is 3. The molecular weight excluding hydrogens is 541 g/mol. The van der Waals surface area contributed by atoms with Gasteiger partial charge < -0.3 is 25.1 Å². The van der Waals surface area contributed by atoms with Crippen LogP contribution in [0.3, 0.4) is 0 Å². The number of benzene rings is 3. The van der Waals surface area contributed by atoms with E-state index in [0.29, 0.717) is 28.2 Å². The zero-order chi connectivity index (χ0) is 29.1. The van der Waals surface area contributed by atoms with Crippen molar-refractivity contribution in [2.24, 2.45) is 0 Å². The van der Waals surface area contributed by atoms with E-state index in [2.05, 4.69) is 55.3 Å². The van der Waals surface area contributed by atoms with Crippen LogP contribution < -0.4 is 10.2 Å². The molecule has 4 heterocycles. The summed E-state index contributed by atoms with van der Waals surface area (Å²) in [5, 5.41) is 4.06. The van der Waals surface area contributed by atoms with E-state index < -0.39 is 0 Å². The normalized spacial score (nSPS) is 16.8. The minimum Gasteiger partial charge on any atom is -0.368 e. The molecule has 1 saturated heterocycles. The van der Waals surface area contributed by atoms with Gasteiger partial charge in [0.05, 0.1) is 28.3 Å². The van der Waals surface area contributed by atoms with Crippen molar-refractivity contribution < 1.29 is 9.18 Å². The molecule has 1 atom stereocenters. The molecule has 2 aliphatic rings. The molecule has 214 valence electrons. The van der Waals surface area contributed by atoms with Crippen molar-refractivity contribution in [1.29, 1.82) is 0 Å². The summed E-state index contributed by atoms with van der Waals surface area (Å²) in [4.78, 5) is 33.8. The Labute approximate surface area is 247 Å². The standard InChI is InChI=1S/C34H30FN7O/c1-41-14-5-15-42(17-16-41)29-19-28-27(18-26(29)35)38-33(39-28)25-9-4-8-24-30(25)20-6-2-3-7-21(20)31(24)40-34(43)23-11-13-37-32-22(23)10-12-36-32/h2-4,6-13,18-19,31H,5,14-17H2,1H3,(H,36,37)(H,38,39)(H,40,43). The molecule has 8 rings (SSSR count). The van der Waals surface area contributed by atoms with Crippen molar-refractivity contribution in [2.45, 2.75) is 12.5 Å². The highest BCUT2D eigenvalue weighted by Crippen LogP contribution is 2.48. The van der Waals surface area contributed by atoms with E-state index in [1.54, 1.807) is 24.5 Å². The third kappa shape index (κ3) is 4.27. The van der Waals surface area contributed by atoms with Gasteiger partial charge in [0.1, 0.15) is 17.3 Å². The molecule has 1 amide bonds. The van der Waals surface area contributed by atoms with E-state index in [0.717, 1.165) is 71.3 Å². The summed E-state index contributed by atoms with van der Waals surface area (Å²) in [6.45, 7) is 3.50. The average molecular weight is 572 g/mol. The number of aromatic amines is 2. The van der Waals surface area contributed by atoms with Crippen LogP contribution in [0.15, 0.2) is 79.1 Å². The molecule has 6 aromatic rings. The SMILES string of the molecule is CN1CCCN(c2cc3nc(-c4cccc5c4-c4ccccc4C5NC(=O)c4ccnc5[nH]ccc45)[nH]c3cc2F)CC1. The molecule has 0 radical (unpaired) electrons. The van der Waals surface area contributed by atoms with Crippen LogP contribution in [0.4, 0.5) is 10.1 Å². The molecular formula is C34H30FN7O. The molecule has 1 aliphatic heterocycles. The van der Waals surface area contributed by atoms with Gasteiger partial charge in [-0.15, -0.1) is 0 Å². The van der Waals surface area contributed by atoms with Gasteiger partial charge in [-0.25, -0.2) is 14.4 Å². The number of carbonyl (C=O) groups excluding carboxylic acids is 1. The lowest BCUT2D eigenvalue weighted by Crippen LogP contribution is -2.29. The first kappa shape index (κ1) is 25.7. The number of aromatic nitrogens is 4. The highest BCUT2D eigenvalue weighted by Gasteiger charge is 2.33. The van der Waals surface area contributed by atoms with E-state index in [-0.39, 0.29) is 17.8 Å². The van der Waals surface area contributed by atoms with Crippen LogP contribution >= 0.6 is 0 Å². The van der Waals surface area contributed by atoms with Gasteiger partial charge in [-0.3, -0.25) is 4.79 Å². The smallest absolute Gasteiger partial charge is 0.252 e. The summed E-state index contributed by atoms with van der Waals surface area (Å²) in [5.41, 5.74) is 8.21. The van der Waals surface area contributed by atoms with E-state index in [1.807, 2.05) is 36.4 Å². The average Bonchev–Trinajstić information content (AvgIpc) is 3.70. The lowest BCUT2D eigenvalue weighted by atomic mass is 9.98. The molecule has 1 fully saturated rings. The largest absolute Gasteiger partial charge is 0.368 e. The topological polar surface area (TPSA) is 92.9 Å². The summed E-state index contributed by atoms with van der Waals surface area (Å²) in [7, 11) is 2.11. The summed E-state index contributed by atoms with van der Waals surface area (Å²) in [6.07, 6.45) is 4.42. The minimum absolute atomic E-state index is 0.170. The highest BCUT2D eigenvalue weighted by atomic mass is 19.1. The molecule has 9 heteroatoms. The summed E-state index contributed by atoms with van der Waals surface area (Å²) in [6, 6.07) is 20.9. The number of pyridine rings is 1. The van der Waals surface area contributed by atoms with E-state index in [9.17, 15) is 4.79 Å². The number of hydrogen-bond acceptors (Lipinski definition) is 5. The van der Waals surface area contributed by atoms with Crippen molar-refractivity contribution in [2.75, 3.05) is 38.1 Å². The Hall–Kier alpha value is -5.02. The van der Waals surface area contributed by atoms with Gasteiger partial charge >= 0.3 is 0 Å². The van der Waals surface area contributed by atoms with Gasteiger partial charge in [0.2, 0.25) is 0 Å². The molecule has 1 unspecified atom stereocenters. The predicted octanol–water partition coefficient (Wildman–Crippen LogP) is 5.89. The third-order valence-electron chi connectivity index (χ3n) is 8.79. The number of imidazole rings is 1. The van der Waals surface area contributed by atoms with Crippen LogP contribution in [0.2, 0.25) is 0 Å². The minimum atomic E-state index is -0.338. The molecule has 3 N–H and O–H groups in total. The molecule has 3 aromatic heterocycles. The first-order valence-electron chi connectivity index (χ1n) is 14.6. The number of carbonyl (C=O) groups is 1. The Bertz CT molecular complexity index is 2030. The predicted molar refractivity (Wildman–Crippen MR) is 167 cm³/mol. The fraction of sp³-hybridized carbons (Fsp3) is 0.206. The van der Waals surface area contributed by atoms with Crippen LogP contribution in [0.5, 0.6) is 0 Å². The third-order valence-corrected chi connectivity index (χ3v) is 8.79. The number of amides is 1. The number of fused-ring (bicyclic) bond motifs is 5. The quantitative estimate of drug-likeness (QED) is 0.246. The van der Waals surface area contributed by atoms with Gasteiger partial charge in [-0.1, -0.05) is 42.5 Å². The molecule has 0 spiro atoms. The maximum atomic E-state index is 15.4. The number of nitrogens with zero attached hydrogens (tertiary/aromatic N) is 4. The molecule has 0 bridgehead atoms. The Balaban J connectivity index is 1.19. The van der Waals surface area contributed by atoms with Crippen molar-refractivity contribution in [1.82, 2.24) is 30.2 Å². The van der Waals surface area contributed by atoms with Crippen molar-refractivity contribution in [3.8, 4) is 22.5 Å². The Morgan fingerprint density at radius 2 is 1.84 bits per heavy atom. The summed E-state index contributed by atoms with van der Waals surface area (Å²) < 4.78 is 15.4. The summed E-state index contributed by atoms with van der Waals surface area (Å²) >= 11 is 0. The number of hydrogen-bond donors (Lipinski definition) is 3. The van der Waals surface area contributed by atoms with Crippen LogP contribution in [-0.4, -0.2) is 64.0 Å². The Kier molecular flexibility index (Phi) is 6.01. The first-order valence-corrected chi connectivity index (χ1v) is 14.6. The van der Waals surface area contributed by atoms with Gasteiger partial charge in [-0.2, -0.15) is 0 Å². The van der Waals surface area contributed by atoms with E-state index >= 15 is 4.39 Å². The van der Waals surface area contributed by atoms with Crippen LogP contribution in [0.1, 0.15) is 33.9 Å². The van der Waals surface area contributed by atoms with Gasteiger partial charge in [0.15, 0.2) is 0 Å². The lowest BCUT2D eigenvalue weighted by molar-refractivity contribution is 0.0945. The first-order chi connectivity index (χ1) is 21.0. The van der Waals surface area contributed by atoms with Crippen molar-refractivity contribution in [3.05, 3.63) is 102 Å². The highest BCUT2D eigenvalue weighted by molar-refractivity contribution is 6.06. The number of halogens is 1. The van der Waals surface area contributed by atoms with Crippen LogP contribution in [0.25, 0.3) is 44.6 Å². The van der Waals surface area contributed by atoms with Crippen molar-refractivity contribution >= 4 is 33.7 Å². The Morgan fingerprint density at radius 1 is 0.977 bits per heavy atom. The lowest BCUT2D eigenvalue weighted by Gasteiger charge is -2.23. The van der Waals surface area contributed by atoms with Crippen LogP contribution in [0, 0.1) is 5.82 Å². The molecule has 1 aliphatic carbocycles. The van der Waals surface area contributed by atoms with Gasteiger partial charge in [0.25, 0.3) is 5.91 Å². The van der Waals surface area contributed by atoms with Crippen molar-refractivity contribution in [3.63, 3.8) is 0 Å².